The van der Waals surface area contributed by atoms with E-state index in [-0.39, 0.29) is 0 Å². The van der Waals surface area contributed by atoms with E-state index in [4.69, 9.17) is 4.42 Å². The van der Waals surface area contributed by atoms with Gasteiger partial charge in [-0.2, -0.15) is 5.10 Å². The van der Waals surface area contributed by atoms with Crippen LogP contribution < -0.4 is 5.32 Å². The molecule has 2 aromatic heterocycles. The average Bonchev–Trinajstić information content (AvgIpc) is 2.83. The molecule has 0 aliphatic rings. The average molecular weight is 206 g/mol. The monoisotopic (exact) mass is 206 g/mol. The van der Waals surface area contributed by atoms with Gasteiger partial charge in [-0.15, -0.1) is 0 Å². The van der Waals surface area contributed by atoms with Crippen LogP contribution in [0.25, 0.3) is 11.6 Å². The minimum Gasteiger partial charge on any atom is -0.461 e. The molecule has 0 amide bonds. The van der Waals surface area contributed by atoms with Gasteiger partial charge in [-0.05, 0) is 19.2 Å². The quantitative estimate of drug-likeness (QED) is 0.805. The van der Waals surface area contributed by atoms with Crippen LogP contribution in [0, 0.1) is 0 Å². The molecule has 0 radical (unpaired) electrons. The number of rotatable bonds is 4. The maximum atomic E-state index is 5.28. The summed E-state index contributed by atoms with van der Waals surface area (Å²) in [5.74, 6) is 2.35. The SMILES string of the molecule is CNCCc1nc(-c2ccco2)n(C)n1. The Bertz CT molecular complexity index is 419. The van der Waals surface area contributed by atoms with Crippen LogP contribution in [0.4, 0.5) is 0 Å². The van der Waals surface area contributed by atoms with Crippen LogP contribution in [0.3, 0.4) is 0 Å². The molecule has 2 heterocycles. The Kier molecular flexibility index (Phi) is 2.82. The Hall–Kier alpha value is -1.62. The predicted octanol–water partition coefficient (Wildman–Crippen LogP) is 0.837. The minimum absolute atomic E-state index is 0.751. The fourth-order valence-corrected chi connectivity index (χ4v) is 1.40. The maximum Gasteiger partial charge on any atom is 0.194 e. The van der Waals surface area contributed by atoms with Crippen molar-refractivity contribution in [2.24, 2.45) is 7.05 Å². The van der Waals surface area contributed by atoms with Gasteiger partial charge in [0.15, 0.2) is 17.4 Å². The molecule has 0 saturated carbocycles. The number of nitrogens with zero attached hydrogens (tertiary/aromatic N) is 3. The minimum atomic E-state index is 0.751. The number of hydrogen-bond acceptors (Lipinski definition) is 4. The van der Waals surface area contributed by atoms with Gasteiger partial charge in [0.2, 0.25) is 0 Å². The topological polar surface area (TPSA) is 55.9 Å². The van der Waals surface area contributed by atoms with E-state index >= 15 is 0 Å². The Morgan fingerprint density at radius 3 is 3.07 bits per heavy atom. The lowest BCUT2D eigenvalue weighted by Crippen LogP contribution is -2.11. The van der Waals surface area contributed by atoms with Gasteiger partial charge in [0.1, 0.15) is 0 Å². The molecule has 2 aromatic rings. The summed E-state index contributed by atoms with van der Waals surface area (Å²) < 4.78 is 7.02. The molecule has 5 heteroatoms. The molecule has 0 bridgehead atoms. The second-order valence-corrected chi connectivity index (χ2v) is 3.31. The summed E-state index contributed by atoms with van der Waals surface area (Å²) in [7, 11) is 3.78. The molecule has 0 fully saturated rings. The van der Waals surface area contributed by atoms with Gasteiger partial charge in [0, 0.05) is 20.0 Å². The Labute approximate surface area is 88.1 Å². The van der Waals surface area contributed by atoms with Crippen molar-refractivity contribution in [1.29, 1.82) is 0 Å². The molecule has 0 aromatic carbocycles. The molecule has 0 atom stereocenters. The molecule has 0 aliphatic heterocycles. The number of nitrogens with one attached hydrogen (secondary N) is 1. The zero-order valence-corrected chi connectivity index (χ0v) is 8.90. The van der Waals surface area contributed by atoms with Crippen molar-refractivity contribution in [2.45, 2.75) is 6.42 Å². The maximum absolute atomic E-state index is 5.28. The Morgan fingerprint density at radius 1 is 1.53 bits per heavy atom. The van der Waals surface area contributed by atoms with Crippen LogP contribution in [-0.4, -0.2) is 28.4 Å². The molecule has 15 heavy (non-hydrogen) atoms. The summed E-state index contributed by atoms with van der Waals surface area (Å²) in [4.78, 5) is 4.41. The van der Waals surface area contributed by atoms with Crippen molar-refractivity contribution in [3.8, 4) is 11.6 Å². The lowest BCUT2D eigenvalue weighted by molar-refractivity contribution is 0.570. The number of hydrogen-bond donors (Lipinski definition) is 1. The third-order valence-electron chi connectivity index (χ3n) is 2.15. The van der Waals surface area contributed by atoms with Gasteiger partial charge < -0.3 is 9.73 Å². The smallest absolute Gasteiger partial charge is 0.194 e. The number of aromatic nitrogens is 3. The highest BCUT2D eigenvalue weighted by Gasteiger charge is 2.10. The van der Waals surface area contributed by atoms with Gasteiger partial charge in [0.25, 0.3) is 0 Å². The highest BCUT2D eigenvalue weighted by molar-refractivity contribution is 5.46. The van der Waals surface area contributed by atoms with Gasteiger partial charge in [-0.3, -0.25) is 0 Å². The summed E-state index contributed by atoms with van der Waals surface area (Å²) in [6.45, 7) is 0.877. The van der Waals surface area contributed by atoms with Crippen LogP contribution in [0.5, 0.6) is 0 Å². The number of aryl methyl sites for hydroxylation is 1. The first-order chi connectivity index (χ1) is 7.31. The van der Waals surface area contributed by atoms with E-state index in [2.05, 4.69) is 15.4 Å². The summed E-state index contributed by atoms with van der Waals surface area (Å²) >= 11 is 0. The normalized spacial score (nSPS) is 10.8. The van der Waals surface area contributed by atoms with E-state index in [9.17, 15) is 0 Å². The molecule has 1 N–H and O–H groups in total. The Morgan fingerprint density at radius 2 is 2.40 bits per heavy atom. The van der Waals surface area contributed by atoms with Crippen LogP contribution >= 0.6 is 0 Å². The molecule has 2 rings (SSSR count). The van der Waals surface area contributed by atoms with Crippen molar-refractivity contribution in [3.05, 3.63) is 24.2 Å². The highest BCUT2D eigenvalue weighted by Crippen LogP contribution is 2.16. The van der Waals surface area contributed by atoms with Gasteiger partial charge in [0.05, 0.1) is 6.26 Å². The largest absolute Gasteiger partial charge is 0.461 e. The summed E-state index contributed by atoms with van der Waals surface area (Å²) in [5.41, 5.74) is 0. The molecule has 0 aliphatic carbocycles. The van der Waals surface area contributed by atoms with Crippen LogP contribution in [0.1, 0.15) is 5.82 Å². The van der Waals surface area contributed by atoms with E-state index < -0.39 is 0 Å². The van der Waals surface area contributed by atoms with Gasteiger partial charge in [-0.25, -0.2) is 9.67 Å². The molecular formula is C10H14N4O. The van der Waals surface area contributed by atoms with Crippen molar-refractivity contribution in [3.63, 3.8) is 0 Å². The fraction of sp³-hybridized carbons (Fsp3) is 0.400. The van der Waals surface area contributed by atoms with Gasteiger partial charge in [-0.1, -0.05) is 0 Å². The second-order valence-electron chi connectivity index (χ2n) is 3.31. The van der Waals surface area contributed by atoms with E-state index in [0.29, 0.717) is 0 Å². The van der Waals surface area contributed by atoms with E-state index in [1.54, 1.807) is 10.9 Å². The van der Waals surface area contributed by atoms with Crippen molar-refractivity contribution < 1.29 is 4.42 Å². The summed E-state index contributed by atoms with van der Waals surface area (Å²) in [6, 6.07) is 3.73. The molecule has 0 spiro atoms. The van der Waals surface area contributed by atoms with Crippen LogP contribution in [-0.2, 0) is 13.5 Å². The summed E-state index contributed by atoms with van der Waals surface area (Å²) in [5, 5.41) is 7.38. The van der Waals surface area contributed by atoms with Crippen molar-refractivity contribution >= 4 is 0 Å². The van der Waals surface area contributed by atoms with E-state index in [1.165, 1.54) is 0 Å². The first-order valence-corrected chi connectivity index (χ1v) is 4.89. The third kappa shape index (κ3) is 2.07. The summed E-state index contributed by atoms with van der Waals surface area (Å²) in [6.07, 6.45) is 2.46. The molecular weight excluding hydrogens is 192 g/mol. The van der Waals surface area contributed by atoms with Gasteiger partial charge >= 0.3 is 0 Å². The number of furan rings is 1. The first-order valence-electron chi connectivity index (χ1n) is 4.89. The molecule has 80 valence electrons. The number of likely N-dealkylation sites (N-methyl/N-ethyl adjacent to an activating group) is 1. The first kappa shape index (κ1) is 9.92. The zero-order valence-electron chi connectivity index (χ0n) is 8.90. The van der Waals surface area contributed by atoms with E-state index in [0.717, 1.165) is 30.4 Å². The molecule has 0 unspecified atom stereocenters. The molecule has 0 saturated heterocycles. The van der Waals surface area contributed by atoms with Crippen LogP contribution in [0.2, 0.25) is 0 Å². The lowest BCUT2D eigenvalue weighted by atomic mass is 10.4. The fourth-order valence-electron chi connectivity index (χ4n) is 1.40. The highest BCUT2D eigenvalue weighted by atomic mass is 16.3. The van der Waals surface area contributed by atoms with Crippen molar-refractivity contribution in [2.75, 3.05) is 13.6 Å². The zero-order chi connectivity index (χ0) is 10.7. The van der Waals surface area contributed by atoms with Crippen LogP contribution in [0.15, 0.2) is 22.8 Å². The predicted molar refractivity (Wildman–Crippen MR) is 56.3 cm³/mol. The van der Waals surface area contributed by atoms with E-state index in [1.807, 2.05) is 26.2 Å². The molecule has 5 nitrogen and oxygen atoms in total. The third-order valence-corrected chi connectivity index (χ3v) is 2.15. The lowest BCUT2D eigenvalue weighted by Gasteiger charge is -1.92. The van der Waals surface area contributed by atoms with Crippen molar-refractivity contribution in [1.82, 2.24) is 20.1 Å². The second kappa shape index (κ2) is 4.27. The standard InChI is InChI=1S/C10H14N4O/c1-11-6-5-9-12-10(14(2)13-9)8-4-3-7-15-8/h3-4,7,11H,5-6H2,1-2H3. The Balaban J connectivity index is 2.22.